The van der Waals surface area contributed by atoms with Crippen LogP contribution in [0.5, 0.6) is 0 Å². The maximum Gasteiger partial charge on any atom is 0.320 e. The van der Waals surface area contributed by atoms with Crippen molar-refractivity contribution in [2.24, 2.45) is 0 Å². The third-order valence-electron chi connectivity index (χ3n) is 4.77. The quantitative estimate of drug-likeness (QED) is 0.848. The van der Waals surface area contributed by atoms with Gasteiger partial charge in [0.25, 0.3) is 0 Å². The Kier molecular flexibility index (Phi) is 5.35. The van der Waals surface area contributed by atoms with Crippen LogP contribution in [0, 0.1) is 12.7 Å². The fraction of sp³-hybridized carbons (Fsp3) is 0.421. The monoisotopic (exact) mass is 359 g/mol. The molecule has 1 heterocycles. The smallest absolute Gasteiger partial charge is 0.320 e. The third kappa shape index (κ3) is 3.92. The first kappa shape index (κ1) is 18.1. The van der Waals surface area contributed by atoms with Gasteiger partial charge in [0.2, 0.25) is 5.91 Å². The molecule has 1 aromatic heterocycles. The highest BCUT2D eigenvalue weighted by atomic mass is 19.1. The minimum atomic E-state index is -0.813. The fourth-order valence-electron chi connectivity index (χ4n) is 3.34. The van der Waals surface area contributed by atoms with Crippen molar-refractivity contribution >= 4 is 5.91 Å². The van der Waals surface area contributed by atoms with Gasteiger partial charge in [-0.15, -0.1) is 0 Å². The van der Waals surface area contributed by atoms with Crippen LogP contribution in [0.2, 0.25) is 0 Å². The molecule has 7 heteroatoms. The van der Waals surface area contributed by atoms with E-state index >= 15 is 0 Å². The molecule has 1 amide bonds. The lowest BCUT2D eigenvalue weighted by molar-refractivity contribution is -0.122. The molecule has 1 aromatic carbocycles. The van der Waals surface area contributed by atoms with Crippen molar-refractivity contribution in [3.05, 3.63) is 62.7 Å². The number of nitrogens with one attached hydrogen (secondary N) is 1. The van der Waals surface area contributed by atoms with Gasteiger partial charge in [-0.2, -0.15) is 0 Å². The number of halogens is 1. The molecule has 1 fully saturated rings. The summed E-state index contributed by atoms with van der Waals surface area (Å²) in [5.74, 6) is -0.772. The predicted octanol–water partition coefficient (Wildman–Crippen LogP) is 1.90. The second kappa shape index (κ2) is 7.68. The lowest BCUT2D eigenvalue weighted by Gasteiger charge is -2.22. The lowest BCUT2D eigenvalue weighted by Crippen LogP contribution is -2.44. The second-order valence-corrected chi connectivity index (χ2v) is 6.74. The number of nitrogens with zero attached hydrogens (tertiary/aromatic N) is 2. The number of rotatable bonds is 4. The molecular weight excluding hydrogens is 337 g/mol. The first-order valence-corrected chi connectivity index (χ1v) is 8.83. The summed E-state index contributed by atoms with van der Waals surface area (Å²) in [6, 6.07) is 4.18. The van der Waals surface area contributed by atoms with Gasteiger partial charge in [0.15, 0.2) is 0 Å². The van der Waals surface area contributed by atoms with E-state index in [9.17, 15) is 18.8 Å². The van der Waals surface area contributed by atoms with Crippen molar-refractivity contribution in [2.45, 2.75) is 51.6 Å². The van der Waals surface area contributed by atoms with Crippen molar-refractivity contribution in [3.8, 4) is 5.69 Å². The van der Waals surface area contributed by atoms with Gasteiger partial charge in [-0.05, 0) is 37.5 Å². The van der Waals surface area contributed by atoms with E-state index in [1.807, 2.05) is 0 Å². The van der Waals surface area contributed by atoms with Crippen LogP contribution in [0.3, 0.4) is 0 Å². The third-order valence-corrected chi connectivity index (χ3v) is 4.77. The minimum absolute atomic E-state index is 0.141. The average Bonchev–Trinajstić information content (AvgIpc) is 2.62. The van der Waals surface area contributed by atoms with Gasteiger partial charge in [0.05, 0.1) is 5.69 Å². The first-order valence-electron chi connectivity index (χ1n) is 8.83. The zero-order valence-corrected chi connectivity index (χ0v) is 14.7. The van der Waals surface area contributed by atoms with Crippen LogP contribution >= 0.6 is 0 Å². The van der Waals surface area contributed by atoms with E-state index < -0.39 is 16.9 Å². The number of carbonyl (C=O) groups is 1. The summed E-state index contributed by atoms with van der Waals surface area (Å²) in [6.07, 6.45) is 8.03. The van der Waals surface area contributed by atoms with Crippen LogP contribution in [0.25, 0.3) is 5.69 Å². The molecule has 1 N–H and O–H groups in total. The highest BCUT2D eigenvalue weighted by Crippen LogP contribution is 2.17. The van der Waals surface area contributed by atoms with Crippen molar-refractivity contribution in [1.29, 1.82) is 0 Å². The molecule has 2 aromatic rings. The molecule has 6 nitrogen and oxygen atoms in total. The number of aryl methyl sites for hydroxylation is 1. The Morgan fingerprint density at radius 1 is 1.15 bits per heavy atom. The number of hydrogen-bond donors (Lipinski definition) is 1. The molecule has 0 saturated heterocycles. The van der Waals surface area contributed by atoms with Crippen molar-refractivity contribution in [1.82, 2.24) is 14.5 Å². The Labute approximate surface area is 150 Å². The van der Waals surface area contributed by atoms with Crippen LogP contribution in [-0.2, 0) is 11.3 Å². The topological polar surface area (TPSA) is 73.1 Å². The summed E-state index contributed by atoms with van der Waals surface area (Å²) in [4.78, 5) is 36.9. The van der Waals surface area contributed by atoms with Gasteiger partial charge >= 0.3 is 11.1 Å². The summed E-state index contributed by atoms with van der Waals surface area (Å²) in [7, 11) is 0. The molecule has 0 unspecified atom stereocenters. The van der Waals surface area contributed by atoms with Crippen LogP contribution in [0.15, 0.2) is 40.2 Å². The van der Waals surface area contributed by atoms with Crippen LogP contribution in [-0.4, -0.2) is 21.1 Å². The Hall–Kier alpha value is -2.70. The SMILES string of the molecule is Cc1ccc(F)cc1-n1ccn(CC(=O)NC2CCCCC2)c(=O)c1=O. The molecule has 1 aliphatic carbocycles. The Morgan fingerprint density at radius 2 is 1.88 bits per heavy atom. The van der Waals surface area contributed by atoms with Gasteiger partial charge in [0, 0.05) is 18.4 Å². The Morgan fingerprint density at radius 3 is 2.62 bits per heavy atom. The standard InChI is InChI=1S/C19H22FN3O3/c1-13-7-8-14(20)11-16(13)23-10-9-22(18(25)19(23)26)12-17(24)21-15-5-3-2-4-6-15/h7-11,15H,2-6,12H2,1H3,(H,21,24). The molecule has 3 rings (SSSR count). The van der Waals surface area contributed by atoms with E-state index in [0.717, 1.165) is 34.8 Å². The zero-order chi connectivity index (χ0) is 18.7. The lowest BCUT2D eigenvalue weighted by atomic mass is 9.95. The molecule has 0 spiro atoms. The molecule has 0 atom stereocenters. The largest absolute Gasteiger partial charge is 0.352 e. The fourth-order valence-corrected chi connectivity index (χ4v) is 3.34. The molecule has 0 bridgehead atoms. The van der Waals surface area contributed by atoms with Crippen LogP contribution in [0.1, 0.15) is 37.7 Å². The number of carbonyl (C=O) groups excluding carboxylic acids is 1. The molecule has 138 valence electrons. The first-order chi connectivity index (χ1) is 12.5. The molecule has 1 saturated carbocycles. The summed E-state index contributed by atoms with van der Waals surface area (Å²) in [5.41, 5.74) is -0.645. The van der Waals surface area contributed by atoms with E-state index in [2.05, 4.69) is 5.32 Å². The molecule has 1 aliphatic rings. The van der Waals surface area contributed by atoms with Crippen LogP contribution in [0.4, 0.5) is 4.39 Å². The number of aromatic nitrogens is 2. The molecule has 0 radical (unpaired) electrons. The van der Waals surface area contributed by atoms with Crippen molar-refractivity contribution in [2.75, 3.05) is 0 Å². The van der Waals surface area contributed by atoms with Crippen molar-refractivity contribution in [3.63, 3.8) is 0 Å². The number of benzene rings is 1. The predicted molar refractivity (Wildman–Crippen MR) is 96.0 cm³/mol. The summed E-state index contributed by atoms with van der Waals surface area (Å²) in [6.45, 7) is 1.53. The van der Waals surface area contributed by atoms with E-state index in [1.54, 1.807) is 13.0 Å². The summed E-state index contributed by atoms with van der Waals surface area (Å²) < 4.78 is 15.7. The maximum absolute atomic E-state index is 13.5. The molecule has 0 aliphatic heterocycles. The molecule has 26 heavy (non-hydrogen) atoms. The summed E-state index contributed by atoms with van der Waals surface area (Å²) in [5, 5.41) is 2.92. The van der Waals surface area contributed by atoms with E-state index in [0.29, 0.717) is 11.3 Å². The van der Waals surface area contributed by atoms with Gasteiger partial charge in [-0.25, -0.2) is 4.39 Å². The van der Waals surface area contributed by atoms with E-state index in [-0.39, 0.29) is 18.5 Å². The molecular formula is C19H22FN3O3. The Bertz CT molecular complexity index is 926. The van der Waals surface area contributed by atoms with E-state index in [1.165, 1.54) is 30.9 Å². The number of amides is 1. The Balaban J connectivity index is 1.81. The van der Waals surface area contributed by atoms with Gasteiger partial charge < -0.3 is 5.32 Å². The average molecular weight is 359 g/mol. The zero-order valence-electron chi connectivity index (χ0n) is 14.7. The second-order valence-electron chi connectivity index (χ2n) is 6.74. The van der Waals surface area contributed by atoms with Crippen molar-refractivity contribution < 1.29 is 9.18 Å². The van der Waals surface area contributed by atoms with Gasteiger partial charge in [-0.1, -0.05) is 25.3 Å². The summed E-state index contributed by atoms with van der Waals surface area (Å²) >= 11 is 0. The minimum Gasteiger partial charge on any atom is -0.352 e. The maximum atomic E-state index is 13.5. The number of hydrogen-bond acceptors (Lipinski definition) is 3. The van der Waals surface area contributed by atoms with Gasteiger partial charge in [-0.3, -0.25) is 23.5 Å². The van der Waals surface area contributed by atoms with Gasteiger partial charge in [0.1, 0.15) is 12.4 Å². The van der Waals surface area contributed by atoms with E-state index in [4.69, 9.17) is 0 Å². The highest BCUT2D eigenvalue weighted by Gasteiger charge is 2.17. The normalized spacial score (nSPS) is 15.0. The van der Waals surface area contributed by atoms with Crippen LogP contribution < -0.4 is 16.4 Å². The highest BCUT2D eigenvalue weighted by molar-refractivity contribution is 5.76.